The maximum Gasteiger partial charge on any atom is 0.173 e. The maximum atomic E-state index is 12.1. The number of thioether (sulfide) groups is 1. The zero-order chi connectivity index (χ0) is 14.5. The number of Topliss-reactive ketones (excluding diaryl/α,β-unsaturated/α-hetero) is 1. The number of pyridine rings is 1. The monoisotopic (exact) mass is 282 g/mol. The van der Waals surface area contributed by atoms with E-state index in [0.717, 1.165) is 11.3 Å². The molecule has 0 saturated carbocycles. The van der Waals surface area contributed by atoms with Gasteiger partial charge in [-0.05, 0) is 25.5 Å². The van der Waals surface area contributed by atoms with E-state index < -0.39 is 0 Å². The first kappa shape index (κ1) is 14.3. The number of hydrogen-bond donors (Lipinski definition) is 0. The van der Waals surface area contributed by atoms with Crippen LogP contribution < -0.4 is 0 Å². The van der Waals surface area contributed by atoms with Crippen molar-refractivity contribution in [1.82, 2.24) is 4.98 Å². The molecule has 0 saturated heterocycles. The third-order valence-electron chi connectivity index (χ3n) is 2.86. The minimum Gasteiger partial charge on any atom is -0.293 e. The number of hydrogen-bond acceptors (Lipinski definition) is 4. The number of carbonyl (C=O) groups is 1. The average Bonchev–Trinajstić information content (AvgIpc) is 2.45. The molecule has 0 amide bonds. The van der Waals surface area contributed by atoms with Crippen LogP contribution in [0, 0.1) is 25.2 Å². The summed E-state index contributed by atoms with van der Waals surface area (Å²) in [7, 11) is 0. The molecule has 0 aliphatic heterocycles. The van der Waals surface area contributed by atoms with Crippen LogP contribution in [0.5, 0.6) is 0 Å². The molecule has 2 aromatic rings. The van der Waals surface area contributed by atoms with Crippen molar-refractivity contribution in [3.05, 3.63) is 58.8 Å². The lowest BCUT2D eigenvalue weighted by Gasteiger charge is -2.07. The Morgan fingerprint density at radius 2 is 2.00 bits per heavy atom. The summed E-state index contributed by atoms with van der Waals surface area (Å²) in [5.41, 5.74) is 3.00. The summed E-state index contributed by atoms with van der Waals surface area (Å²) >= 11 is 1.32. The van der Waals surface area contributed by atoms with Crippen molar-refractivity contribution in [1.29, 1.82) is 5.26 Å². The van der Waals surface area contributed by atoms with E-state index in [9.17, 15) is 10.1 Å². The van der Waals surface area contributed by atoms with Crippen LogP contribution >= 0.6 is 11.8 Å². The van der Waals surface area contributed by atoms with Gasteiger partial charge in [0.1, 0.15) is 11.1 Å². The van der Waals surface area contributed by atoms with Crippen molar-refractivity contribution in [2.75, 3.05) is 5.75 Å². The van der Waals surface area contributed by atoms with Gasteiger partial charge in [0, 0.05) is 11.3 Å². The Bertz CT molecular complexity index is 675. The molecule has 20 heavy (non-hydrogen) atoms. The standard InChI is InChI=1S/C16H14N2OS/c1-11-8-12(2)18-16(14(11)9-17)20-10-15(19)13-6-4-3-5-7-13/h3-8H,10H2,1-2H3. The number of aryl methyl sites for hydroxylation is 2. The fourth-order valence-electron chi connectivity index (χ4n) is 1.88. The Hall–Kier alpha value is -2.12. The van der Waals surface area contributed by atoms with E-state index in [0.29, 0.717) is 16.2 Å². The zero-order valence-electron chi connectivity index (χ0n) is 11.4. The summed E-state index contributed by atoms with van der Waals surface area (Å²) in [5.74, 6) is 0.328. The van der Waals surface area contributed by atoms with E-state index in [4.69, 9.17) is 0 Å². The smallest absolute Gasteiger partial charge is 0.173 e. The van der Waals surface area contributed by atoms with Crippen LogP contribution in [-0.2, 0) is 0 Å². The highest BCUT2D eigenvalue weighted by Gasteiger charge is 2.12. The molecule has 0 aliphatic rings. The van der Waals surface area contributed by atoms with Crippen molar-refractivity contribution >= 4 is 17.5 Å². The molecular formula is C16H14N2OS. The van der Waals surface area contributed by atoms with E-state index >= 15 is 0 Å². The second-order valence-corrected chi connectivity index (χ2v) is 5.41. The van der Waals surface area contributed by atoms with Gasteiger partial charge >= 0.3 is 0 Å². The average molecular weight is 282 g/mol. The molecule has 3 nitrogen and oxygen atoms in total. The Kier molecular flexibility index (Phi) is 4.54. The molecular weight excluding hydrogens is 268 g/mol. The van der Waals surface area contributed by atoms with E-state index in [1.807, 2.05) is 38.1 Å². The van der Waals surface area contributed by atoms with Crippen molar-refractivity contribution in [3.63, 3.8) is 0 Å². The topological polar surface area (TPSA) is 53.8 Å². The number of aromatic nitrogens is 1. The molecule has 4 heteroatoms. The SMILES string of the molecule is Cc1cc(C)c(C#N)c(SCC(=O)c2ccccc2)n1. The minimum atomic E-state index is 0.0421. The van der Waals surface area contributed by atoms with Crippen LogP contribution in [0.1, 0.15) is 27.2 Å². The van der Waals surface area contributed by atoms with Crippen molar-refractivity contribution < 1.29 is 4.79 Å². The molecule has 0 radical (unpaired) electrons. The van der Waals surface area contributed by atoms with Crippen LogP contribution in [0.4, 0.5) is 0 Å². The minimum absolute atomic E-state index is 0.0421. The Morgan fingerprint density at radius 3 is 2.65 bits per heavy atom. The van der Waals surface area contributed by atoms with Crippen LogP contribution in [-0.4, -0.2) is 16.5 Å². The molecule has 0 aliphatic carbocycles. The van der Waals surface area contributed by atoms with E-state index in [1.165, 1.54) is 11.8 Å². The Morgan fingerprint density at radius 1 is 1.30 bits per heavy atom. The summed E-state index contributed by atoms with van der Waals surface area (Å²) in [5, 5.41) is 9.82. The summed E-state index contributed by atoms with van der Waals surface area (Å²) in [6, 6.07) is 13.2. The summed E-state index contributed by atoms with van der Waals surface area (Å²) in [6.07, 6.45) is 0. The molecule has 1 aromatic carbocycles. The van der Waals surface area contributed by atoms with Crippen molar-refractivity contribution in [2.45, 2.75) is 18.9 Å². The number of rotatable bonds is 4. The largest absolute Gasteiger partial charge is 0.293 e. The summed E-state index contributed by atoms with van der Waals surface area (Å²) in [4.78, 5) is 16.4. The first-order valence-electron chi connectivity index (χ1n) is 6.21. The third kappa shape index (κ3) is 3.25. The number of nitrogens with zero attached hydrogens (tertiary/aromatic N) is 2. The molecule has 0 N–H and O–H groups in total. The van der Waals surface area contributed by atoms with E-state index in [1.54, 1.807) is 12.1 Å². The molecule has 0 bridgehead atoms. The zero-order valence-corrected chi connectivity index (χ0v) is 12.2. The lowest BCUT2D eigenvalue weighted by Crippen LogP contribution is -2.03. The molecule has 1 aromatic heterocycles. The van der Waals surface area contributed by atoms with Gasteiger partial charge < -0.3 is 0 Å². The van der Waals surface area contributed by atoms with Crippen LogP contribution in [0.15, 0.2) is 41.4 Å². The fourth-order valence-corrected chi connectivity index (χ4v) is 2.88. The Balaban J connectivity index is 2.16. The van der Waals surface area contributed by atoms with Crippen LogP contribution in [0.2, 0.25) is 0 Å². The second-order valence-electron chi connectivity index (χ2n) is 4.45. The number of benzene rings is 1. The van der Waals surface area contributed by atoms with Crippen LogP contribution in [0.3, 0.4) is 0 Å². The van der Waals surface area contributed by atoms with Gasteiger partial charge in [0.15, 0.2) is 5.78 Å². The molecule has 0 fully saturated rings. The first-order chi connectivity index (χ1) is 9.61. The van der Waals surface area contributed by atoms with Crippen molar-refractivity contribution in [2.24, 2.45) is 0 Å². The van der Waals surface area contributed by atoms with Gasteiger partial charge in [0.05, 0.1) is 11.3 Å². The Labute approximate surface area is 122 Å². The molecule has 0 atom stereocenters. The normalized spacial score (nSPS) is 10.1. The molecule has 0 spiro atoms. The molecule has 100 valence electrons. The second kappa shape index (κ2) is 6.36. The lowest BCUT2D eigenvalue weighted by atomic mass is 10.1. The van der Waals surface area contributed by atoms with Gasteiger partial charge in [0.25, 0.3) is 0 Å². The summed E-state index contributed by atoms with van der Waals surface area (Å²) in [6.45, 7) is 3.77. The van der Waals surface area contributed by atoms with E-state index in [-0.39, 0.29) is 11.5 Å². The highest BCUT2D eigenvalue weighted by atomic mass is 32.2. The predicted octanol–water partition coefficient (Wildman–Crippen LogP) is 3.55. The lowest BCUT2D eigenvalue weighted by molar-refractivity contribution is 0.102. The first-order valence-corrected chi connectivity index (χ1v) is 7.19. The highest BCUT2D eigenvalue weighted by Crippen LogP contribution is 2.24. The van der Waals surface area contributed by atoms with Gasteiger partial charge in [-0.15, -0.1) is 0 Å². The third-order valence-corrected chi connectivity index (χ3v) is 3.83. The van der Waals surface area contributed by atoms with Gasteiger partial charge in [0.2, 0.25) is 0 Å². The molecule has 0 unspecified atom stereocenters. The van der Waals surface area contributed by atoms with E-state index in [2.05, 4.69) is 11.1 Å². The highest BCUT2D eigenvalue weighted by molar-refractivity contribution is 8.00. The van der Waals surface area contributed by atoms with Gasteiger partial charge in [-0.25, -0.2) is 4.98 Å². The predicted molar refractivity (Wildman–Crippen MR) is 79.9 cm³/mol. The number of carbonyl (C=O) groups excluding carboxylic acids is 1. The van der Waals surface area contributed by atoms with Gasteiger partial charge in [-0.2, -0.15) is 5.26 Å². The number of nitriles is 1. The maximum absolute atomic E-state index is 12.1. The van der Waals surface area contributed by atoms with Crippen LogP contribution in [0.25, 0.3) is 0 Å². The molecule has 2 rings (SSSR count). The van der Waals surface area contributed by atoms with Crippen molar-refractivity contribution in [3.8, 4) is 6.07 Å². The van der Waals surface area contributed by atoms with Gasteiger partial charge in [-0.1, -0.05) is 42.1 Å². The van der Waals surface area contributed by atoms with Gasteiger partial charge in [-0.3, -0.25) is 4.79 Å². The quantitative estimate of drug-likeness (QED) is 0.635. The summed E-state index contributed by atoms with van der Waals surface area (Å²) < 4.78 is 0. The molecule has 1 heterocycles. The number of ketones is 1. The fraction of sp³-hybridized carbons (Fsp3) is 0.188.